The number of thioether (sulfide) groups is 1. The van der Waals surface area contributed by atoms with Gasteiger partial charge in [0.05, 0.1) is 25.5 Å². The fourth-order valence-electron chi connectivity index (χ4n) is 3.14. The number of hydrogen-bond acceptors (Lipinski definition) is 7. The predicted octanol–water partition coefficient (Wildman–Crippen LogP) is 3.70. The Morgan fingerprint density at radius 2 is 1.79 bits per heavy atom. The second-order valence-electron chi connectivity index (χ2n) is 7.00. The average molecular weight is 493 g/mol. The molecule has 0 aromatic heterocycles. The predicted molar refractivity (Wildman–Crippen MR) is 122 cm³/mol. The normalized spacial score (nSPS) is 14.6. The lowest BCUT2D eigenvalue weighted by Gasteiger charge is -2.13. The summed E-state index contributed by atoms with van der Waals surface area (Å²) >= 11 is 0.769. The minimum absolute atomic E-state index is 0.0101. The summed E-state index contributed by atoms with van der Waals surface area (Å²) in [5.74, 6) is 0.284. The van der Waals surface area contributed by atoms with Gasteiger partial charge in [-0.3, -0.25) is 19.3 Å². The number of nitrogens with one attached hydrogen (secondary N) is 1. The van der Waals surface area contributed by atoms with Crippen LogP contribution < -0.4 is 19.5 Å². The molecule has 0 spiro atoms. The second-order valence-corrected chi connectivity index (χ2v) is 7.99. The Bertz CT molecular complexity index is 1090. The fraction of sp³-hybridized carbons (Fsp3) is 0.261. The van der Waals surface area contributed by atoms with Crippen LogP contribution >= 0.6 is 11.8 Å². The van der Waals surface area contributed by atoms with Crippen LogP contribution in [0.4, 0.5) is 13.6 Å². The number of benzene rings is 2. The molecular weight excluding hydrogens is 470 g/mol. The highest BCUT2D eigenvalue weighted by atomic mass is 32.2. The zero-order valence-corrected chi connectivity index (χ0v) is 19.2. The molecule has 0 atom stereocenters. The summed E-state index contributed by atoms with van der Waals surface area (Å²) in [6.45, 7) is -2.82. The van der Waals surface area contributed by atoms with E-state index in [9.17, 15) is 23.2 Å². The van der Waals surface area contributed by atoms with Gasteiger partial charge >= 0.3 is 6.61 Å². The van der Waals surface area contributed by atoms with Crippen LogP contribution in [-0.4, -0.2) is 55.9 Å². The first-order chi connectivity index (χ1) is 16.3. The molecule has 11 heteroatoms. The molecule has 0 unspecified atom stereocenters. The number of halogens is 2. The van der Waals surface area contributed by atoms with Gasteiger partial charge in [0.1, 0.15) is 5.75 Å². The topological polar surface area (TPSA) is 94.2 Å². The molecule has 3 amide bonds. The molecule has 2 aromatic carbocycles. The number of rotatable bonds is 10. The number of carbonyl (C=O) groups excluding carboxylic acids is 3. The number of imide groups is 1. The van der Waals surface area contributed by atoms with Crippen LogP contribution in [0.2, 0.25) is 0 Å². The maximum Gasteiger partial charge on any atom is 0.387 e. The van der Waals surface area contributed by atoms with E-state index in [1.54, 1.807) is 18.2 Å². The Labute approximate surface area is 198 Å². The van der Waals surface area contributed by atoms with Crippen LogP contribution in [0.5, 0.6) is 17.2 Å². The number of amides is 3. The van der Waals surface area contributed by atoms with Gasteiger partial charge in [-0.15, -0.1) is 0 Å². The molecule has 0 aliphatic carbocycles. The largest absolute Gasteiger partial charge is 0.493 e. The summed E-state index contributed by atoms with van der Waals surface area (Å²) in [5.41, 5.74) is 1.27. The summed E-state index contributed by atoms with van der Waals surface area (Å²) in [6, 6.07) is 10.8. The van der Waals surface area contributed by atoms with Gasteiger partial charge in [0.2, 0.25) is 5.91 Å². The average Bonchev–Trinajstić information content (AvgIpc) is 3.07. The van der Waals surface area contributed by atoms with Crippen molar-refractivity contribution in [2.45, 2.75) is 13.0 Å². The molecule has 2 aromatic rings. The number of carbonyl (C=O) groups is 3. The molecule has 1 heterocycles. The van der Waals surface area contributed by atoms with E-state index in [1.807, 2.05) is 0 Å². The molecular formula is C23H22F2N2O6S. The van der Waals surface area contributed by atoms with Crippen LogP contribution in [0, 0.1) is 0 Å². The van der Waals surface area contributed by atoms with Gasteiger partial charge in [0.25, 0.3) is 11.1 Å². The van der Waals surface area contributed by atoms with Gasteiger partial charge in [0.15, 0.2) is 11.5 Å². The SMILES string of the molecule is COc1ccc(CC(=O)NCCN2C(=O)SC(=Cc3ccc(OC(F)F)cc3)C2=O)cc1OC. The molecule has 34 heavy (non-hydrogen) atoms. The monoisotopic (exact) mass is 492 g/mol. The zero-order valence-electron chi connectivity index (χ0n) is 18.4. The molecule has 1 fully saturated rings. The lowest BCUT2D eigenvalue weighted by Crippen LogP contribution is -2.37. The van der Waals surface area contributed by atoms with Crippen molar-refractivity contribution in [1.29, 1.82) is 0 Å². The lowest BCUT2D eigenvalue weighted by atomic mass is 10.1. The minimum atomic E-state index is -2.93. The molecule has 8 nitrogen and oxygen atoms in total. The number of ether oxygens (including phenoxy) is 3. The first kappa shape index (κ1) is 25.0. The second kappa shape index (κ2) is 11.5. The molecule has 3 rings (SSSR count). The molecule has 1 aliphatic heterocycles. The van der Waals surface area contributed by atoms with Crippen molar-refractivity contribution in [2.75, 3.05) is 27.3 Å². The van der Waals surface area contributed by atoms with Crippen molar-refractivity contribution in [1.82, 2.24) is 10.2 Å². The zero-order chi connectivity index (χ0) is 24.7. The van der Waals surface area contributed by atoms with E-state index in [1.165, 1.54) is 44.6 Å². The van der Waals surface area contributed by atoms with Gasteiger partial charge < -0.3 is 19.5 Å². The highest BCUT2D eigenvalue weighted by Gasteiger charge is 2.34. The molecule has 180 valence electrons. The quantitative estimate of drug-likeness (QED) is 0.506. The number of alkyl halides is 2. The van der Waals surface area contributed by atoms with Crippen LogP contribution in [-0.2, 0) is 16.0 Å². The van der Waals surface area contributed by atoms with Crippen molar-refractivity contribution < 1.29 is 37.4 Å². The van der Waals surface area contributed by atoms with Crippen LogP contribution in [0.25, 0.3) is 6.08 Å². The minimum Gasteiger partial charge on any atom is -0.493 e. The van der Waals surface area contributed by atoms with Crippen LogP contribution in [0.3, 0.4) is 0 Å². The maximum absolute atomic E-state index is 12.6. The van der Waals surface area contributed by atoms with Crippen molar-refractivity contribution in [3.8, 4) is 17.2 Å². The number of nitrogens with zero attached hydrogens (tertiary/aromatic N) is 1. The van der Waals surface area contributed by atoms with Gasteiger partial charge in [0, 0.05) is 13.1 Å². The first-order valence-electron chi connectivity index (χ1n) is 10.1. The van der Waals surface area contributed by atoms with Gasteiger partial charge in [-0.05, 0) is 53.2 Å². The summed E-state index contributed by atoms with van der Waals surface area (Å²) in [7, 11) is 3.02. The van der Waals surface area contributed by atoms with E-state index in [4.69, 9.17) is 9.47 Å². The Hall–Kier alpha value is -3.60. The molecule has 1 N–H and O–H groups in total. The standard InChI is InChI=1S/C23H22F2N2O6S/c1-31-17-8-5-15(11-18(17)32-2)13-20(28)26-9-10-27-21(29)19(34-23(27)30)12-14-3-6-16(7-4-14)33-22(24)25/h3-8,11-12,22H,9-10,13H2,1-2H3,(H,26,28). The number of hydrogen-bond donors (Lipinski definition) is 1. The molecule has 0 radical (unpaired) electrons. The van der Waals surface area contributed by atoms with E-state index < -0.39 is 17.8 Å². The van der Waals surface area contributed by atoms with Crippen LogP contribution in [0.1, 0.15) is 11.1 Å². The highest BCUT2D eigenvalue weighted by Crippen LogP contribution is 2.32. The molecule has 1 aliphatic rings. The van der Waals surface area contributed by atoms with E-state index in [-0.39, 0.29) is 36.1 Å². The lowest BCUT2D eigenvalue weighted by molar-refractivity contribution is -0.124. The van der Waals surface area contributed by atoms with E-state index in [0.29, 0.717) is 22.6 Å². The third-order valence-corrected chi connectivity index (χ3v) is 5.65. The molecule has 1 saturated heterocycles. The van der Waals surface area contributed by atoms with Crippen LogP contribution in [0.15, 0.2) is 47.4 Å². The van der Waals surface area contributed by atoms with E-state index >= 15 is 0 Å². The summed E-state index contributed by atoms with van der Waals surface area (Å²) in [6.07, 6.45) is 1.58. The Morgan fingerprint density at radius 1 is 1.09 bits per heavy atom. The van der Waals surface area contributed by atoms with Crippen molar-refractivity contribution in [3.05, 3.63) is 58.5 Å². The highest BCUT2D eigenvalue weighted by molar-refractivity contribution is 8.18. The van der Waals surface area contributed by atoms with Gasteiger partial charge in [-0.2, -0.15) is 8.78 Å². The fourth-order valence-corrected chi connectivity index (χ4v) is 4.00. The summed E-state index contributed by atoms with van der Waals surface area (Å²) in [4.78, 5) is 38.3. The van der Waals surface area contributed by atoms with Crippen molar-refractivity contribution in [3.63, 3.8) is 0 Å². The maximum atomic E-state index is 12.6. The Balaban J connectivity index is 1.52. The Kier molecular flexibility index (Phi) is 8.47. The Morgan fingerprint density at radius 3 is 2.44 bits per heavy atom. The molecule has 0 saturated carbocycles. The first-order valence-corrected chi connectivity index (χ1v) is 10.9. The van der Waals surface area contributed by atoms with Crippen molar-refractivity contribution >= 4 is 34.9 Å². The molecule has 0 bridgehead atoms. The smallest absolute Gasteiger partial charge is 0.387 e. The number of methoxy groups -OCH3 is 2. The van der Waals surface area contributed by atoms with Crippen molar-refractivity contribution in [2.24, 2.45) is 0 Å². The van der Waals surface area contributed by atoms with Gasteiger partial charge in [-0.25, -0.2) is 0 Å². The van der Waals surface area contributed by atoms with E-state index in [2.05, 4.69) is 10.1 Å². The summed E-state index contributed by atoms with van der Waals surface area (Å²) in [5, 5.41) is 2.23. The summed E-state index contributed by atoms with van der Waals surface area (Å²) < 4.78 is 39.2. The third-order valence-electron chi connectivity index (χ3n) is 4.75. The third kappa shape index (κ3) is 6.47. The van der Waals surface area contributed by atoms with E-state index in [0.717, 1.165) is 16.7 Å². The van der Waals surface area contributed by atoms with Gasteiger partial charge in [-0.1, -0.05) is 18.2 Å².